The van der Waals surface area contributed by atoms with E-state index in [0.717, 1.165) is 4.88 Å². The quantitative estimate of drug-likeness (QED) is 0.692. The zero-order valence-corrected chi connectivity index (χ0v) is 15.6. The molecule has 18 heavy (non-hydrogen) atoms. The fraction of sp³-hybridized carbons (Fsp3) is 0.333. The van der Waals surface area contributed by atoms with Gasteiger partial charge < -0.3 is 9.97 Å². The second kappa shape index (κ2) is 5.83. The van der Waals surface area contributed by atoms with Gasteiger partial charge in [-0.15, -0.1) is 5.56 Å². The first-order valence-corrected chi connectivity index (χ1v) is 6.21. The standard InChI is InChI=1S/C12H9F2N2S.Rb/c13-12(14)4-3-9-8(6-12)7-15-11(16-9)10-2-1-5-17-10;/h1-2,5H,3-4,6H2;/q-1;+1. The van der Waals surface area contributed by atoms with Gasteiger partial charge >= 0.3 is 58.2 Å². The summed E-state index contributed by atoms with van der Waals surface area (Å²) in [6.07, 6.45) is 2.61. The van der Waals surface area contributed by atoms with Crippen molar-refractivity contribution in [3.05, 3.63) is 35.0 Å². The number of thiophene rings is 1. The minimum absolute atomic E-state index is 0. The minimum atomic E-state index is -2.63. The molecular formula is C12H9F2N2RbS. The molecule has 2 nitrogen and oxygen atoms in total. The molecule has 0 aliphatic heterocycles. The molecule has 3 rings (SSSR count). The molecule has 0 N–H and O–H groups in total. The van der Waals surface area contributed by atoms with Gasteiger partial charge in [-0.1, -0.05) is 30.4 Å². The smallest absolute Gasteiger partial charge is 0.368 e. The third-order valence-corrected chi connectivity index (χ3v) is 3.66. The maximum atomic E-state index is 13.2. The molecule has 0 amide bonds. The van der Waals surface area contributed by atoms with Gasteiger partial charge in [-0.05, 0) is 5.38 Å². The van der Waals surface area contributed by atoms with E-state index >= 15 is 0 Å². The summed E-state index contributed by atoms with van der Waals surface area (Å²) in [5.41, 5.74) is 1.18. The van der Waals surface area contributed by atoms with E-state index in [1.54, 1.807) is 0 Å². The second-order valence-electron chi connectivity index (χ2n) is 4.09. The van der Waals surface area contributed by atoms with Crippen molar-refractivity contribution >= 4 is 11.3 Å². The van der Waals surface area contributed by atoms with E-state index in [0.29, 0.717) is 23.5 Å². The number of fused-ring (bicyclic) bond motifs is 1. The summed E-state index contributed by atoms with van der Waals surface area (Å²) in [6.45, 7) is 0. The van der Waals surface area contributed by atoms with Crippen LogP contribution in [0.4, 0.5) is 8.78 Å². The third kappa shape index (κ3) is 3.12. The number of alkyl halides is 2. The fourth-order valence-corrected chi connectivity index (χ4v) is 2.58. The maximum Gasteiger partial charge on any atom is 1.00 e. The molecule has 2 heterocycles. The van der Waals surface area contributed by atoms with Crippen LogP contribution in [0.25, 0.3) is 10.7 Å². The van der Waals surface area contributed by atoms with E-state index in [1.165, 1.54) is 11.3 Å². The number of hydrogen-bond acceptors (Lipinski definition) is 3. The Morgan fingerprint density at radius 2 is 2.22 bits per heavy atom. The van der Waals surface area contributed by atoms with E-state index in [4.69, 9.17) is 0 Å². The van der Waals surface area contributed by atoms with Gasteiger partial charge in [0.2, 0.25) is 5.92 Å². The van der Waals surface area contributed by atoms with Gasteiger partial charge in [0.1, 0.15) is 0 Å². The summed E-state index contributed by atoms with van der Waals surface area (Å²) in [5.74, 6) is -2.04. The molecular weight excluding hydrogens is 328 g/mol. The topological polar surface area (TPSA) is 25.8 Å². The molecule has 6 heteroatoms. The van der Waals surface area contributed by atoms with Crippen molar-refractivity contribution in [1.82, 2.24) is 9.97 Å². The average Bonchev–Trinajstić information content (AvgIpc) is 2.81. The Morgan fingerprint density at radius 1 is 1.39 bits per heavy atom. The van der Waals surface area contributed by atoms with Crippen molar-refractivity contribution < 1.29 is 67.0 Å². The van der Waals surface area contributed by atoms with Crippen molar-refractivity contribution in [2.24, 2.45) is 0 Å². The number of hydrogen-bond donors (Lipinski definition) is 0. The fourth-order valence-electron chi connectivity index (χ4n) is 1.92. The first kappa shape index (κ1) is 14.8. The molecule has 2 aromatic heterocycles. The summed E-state index contributed by atoms with van der Waals surface area (Å²) in [7, 11) is 0. The Kier molecular flexibility index (Phi) is 4.81. The number of aryl methyl sites for hydroxylation is 1. The van der Waals surface area contributed by atoms with Gasteiger partial charge in [0, 0.05) is 17.7 Å². The van der Waals surface area contributed by atoms with Crippen molar-refractivity contribution in [2.45, 2.75) is 25.2 Å². The molecule has 1 aliphatic rings. The van der Waals surface area contributed by atoms with Crippen LogP contribution in [0.15, 0.2) is 17.5 Å². The number of rotatable bonds is 1. The van der Waals surface area contributed by atoms with Crippen molar-refractivity contribution in [2.75, 3.05) is 0 Å². The van der Waals surface area contributed by atoms with Gasteiger partial charge in [0.25, 0.3) is 0 Å². The Hall–Kier alpha value is 0.445. The van der Waals surface area contributed by atoms with Crippen LogP contribution in [-0.4, -0.2) is 15.9 Å². The molecule has 0 saturated carbocycles. The van der Waals surface area contributed by atoms with Crippen molar-refractivity contribution in [3.63, 3.8) is 0 Å². The second-order valence-corrected chi connectivity index (χ2v) is 5.04. The molecule has 1 aliphatic carbocycles. The van der Waals surface area contributed by atoms with Crippen LogP contribution in [0.1, 0.15) is 17.7 Å². The molecule has 0 unspecified atom stereocenters. The van der Waals surface area contributed by atoms with Crippen molar-refractivity contribution in [3.8, 4) is 10.7 Å². The maximum absolute atomic E-state index is 13.2. The number of nitrogens with zero attached hydrogens (tertiary/aromatic N) is 2. The van der Waals surface area contributed by atoms with Crippen LogP contribution in [0.2, 0.25) is 0 Å². The van der Waals surface area contributed by atoms with E-state index in [9.17, 15) is 8.78 Å². The predicted molar refractivity (Wildman–Crippen MR) is 61.2 cm³/mol. The zero-order valence-electron chi connectivity index (χ0n) is 9.91. The van der Waals surface area contributed by atoms with Gasteiger partial charge in [-0.3, -0.25) is 0 Å². The van der Waals surface area contributed by atoms with E-state index in [2.05, 4.69) is 16.2 Å². The predicted octanol–water partition coefficient (Wildman–Crippen LogP) is 0.133. The molecule has 0 atom stereocenters. The number of halogens is 2. The Bertz CT molecular complexity index is 543. The molecule has 0 fully saturated rings. The normalized spacial score (nSPS) is 16.8. The van der Waals surface area contributed by atoms with Crippen LogP contribution < -0.4 is 58.2 Å². The Morgan fingerprint density at radius 3 is 2.94 bits per heavy atom. The Balaban J connectivity index is 0.00000120. The van der Waals surface area contributed by atoms with Crippen LogP contribution in [0, 0.1) is 6.20 Å². The van der Waals surface area contributed by atoms with E-state index < -0.39 is 5.92 Å². The summed E-state index contributed by atoms with van der Waals surface area (Å²) in [6, 6.07) is 3.83. The summed E-state index contributed by atoms with van der Waals surface area (Å²) >= 11 is 1.53. The summed E-state index contributed by atoms with van der Waals surface area (Å²) in [5, 5.41) is 1.94. The van der Waals surface area contributed by atoms with Gasteiger partial charge in [-0.2, -0.15) is 11.3 Å². The summed E-state index contributed by atoms with van der Waals surface area (Å²) < 4.78 is 26.4. The van der Waals surface area contributed by atoms with Crippen LogP contribution >= 0.6 is 11.3 Å². The van der Waals surface area contributed by atoms with Gasteiger partial charge in [-0.25, -0.2) is 8.78 Å². The molecule has 0 radical (unpaired) electrons. The molecule has 0 aromatic carbocycles. The van der Waals surface area contributed by atoms with Crippen LogP contribution in [0.5, 0.6) is 0 Å². The first-order chi connectivity index (χ1) is 8.14. The largest absolute Gasteiger partial charge is 1.00 e. The first-order valence-electron chi connectivity index (χ1n) is 5.33. The number of aromatic nitrogens is 2. The summed E-state index contributed by atoms with van der Waals surface area (Å²) in [4.78, 5) is 9.34. The molecule has 88 valence electrons. The van der Waals surface area contributed by atoms with E-state index in [-0.39, 0.29) is 71.0 Å². The minimum Gasteiger partial charge on any atom is -0.368 e. The molecule has 0 spiro atoms. The van der Waals surface area contributed by atoms with Crippen LogP contribution in [-0.2, 0) is 12.8 Å². The SMILES string of the molecule is FC1(F)CCc2nc(-c3cccs3)n[c-]c2C1.[Rb+]. The van der Waals surface area contributed by atoms with E-state index in [1.807, 2.05) is 17.5 Å². The third-order valence-electron chi connectivity index (χ3n) is 2.79. The van der Waals surface area contributed by atoms with Crippen molar-refractivity contribution in [1.29, 1.82) is 0 Å². The Labute approximate surface area is 157 Å². The van der Waals surface area contributed by atoms with Gasteiger partial charge in [0.05, 0.1) is 5.82 Å². The molecule has 0 bridgehead atoms. The van der Waals surface area contributed by atoms with Gasteiger partial charge in [0.15, 0.2) is 0 Å². The monoisotopic (exact) mass is 336 g/mol. The van der Waals surface area contributed by atoms with Crippen LogP contribution in [0.3, 0.4) is 0 Å². The average molecular weight is 337 g/mol. The zero-order chi connectivity index (χ0) is 11.9. The molecule has 0 saturated heterocycles. The molecule has 2 aromatic rings.